The van der Waals surface area contributed by atoms with Crippen LogP contribution in [0.5, 0.6) is 0 Å². The lowest BCUT2D eigenvalue weighted by Gasteiger charge is -2.15. The van der Waals surface area contributed by atoms with Crippen molar-refractivity contribution in [2.75, 3.05) is 11.9 Å². The zero-order chi connectivity index (χ0) is 13.9. The minimum absolute atomic E-state index is 0.233. The van der Waals surface area contributed by atoms with E-state index in [0.717, 1.165) is 6.42 Å². The van der Waals surface area contributed by atoms with Crippen LogP contribution in [-0.2, 0) is 9.59 Å². The molecule has 19 heavy (non-hydrogen) atoms. The molecule has 0 aliphatic heterocycles. The van der Waals surface area contributed by atoms with Gasteiger partial charge in [-0.1, -0.05) is 13.0 Å². The van der Waals surface area contributed by atoms with E-state index in [1.165, 1.54) is 18.2 Å². The molecule has 1 saturated carbocycles. The van der Waals surface area contributed by atoms with E-state index in [9.17, 15) is 14.0 Å². The van der Waals surface area contributed by atoms with Crippen molar-refractivity contribution in [1.29, 1.82) is 0 Å². The fourth-order valence-corrected chi connectivity index (χ4v) is 1.91. The first kappa shape index (κ1) is 13.5. The quantitative estimate of drug-likeness (QED) is 0.800. The molecule has 1 fully saturated rings. The number of carbonyl (C=O) groups is 2. The van der Waals surface area contributed by atoms with Crippen molar-refractivity contribution in [3.8, 4) is 0 Å². The topological polar surface area (TPSA) is 58.2 Å². The first-order valence-electron chi connectivity index (χ1n) is 6.44. The molecule has 0 heterocycles. The minimum Gasteiger partial charge on any atom is -0.355 e. The molecule has 0 spiro atoms. The number of rotatable bonds is 5. The van der Waals surface area contributed by atoms with Gasteiger partial charge in [0, 0.05) is 12.2 Å². The minimum atomic E-state index is -0.957. The highest BCUT2D eigenvalue weighted by Crippen LogP contribution is 2.46. The van der Waals surface area contributed by atoms with Crippen molar-refractivity contribution in [1.82, 2.24) is 5.32 Å². The van der Waals surface area contributed by atoms with E-state index in [2.05, 4.69) is 10.6 Å². The van der Waals surface area contributed by atoms with E-state index < -0.39 is 11.2 Å². The molecular formula is C14H17FN2O2. The van der Waals surface area contributed by atoms with E-state index in [4.69, 9.17) is 0 Å². The number of carbonyl (C=O) groups excluding carboxylic acids is 2. The van der Waals surface area contributed by atoms with Gasteiger partial charge in [0.15, 0.2) is 0 Å². The van der Waals surface area contributed by atoms with Crippen molar-refractivity contribution < 1.29 is 14.0 Å². The van der Waals surface area contributed by atoms with E-state index in [1.807, 2.05) is 6.92 Å². The molecule has 1 aliphatic carbocycles. The Labute approximate surface area is 111 Å². The maximum atomic E-state index is 13.0. The highest BCUT2D eigenvalue weighted by Gasteiger charge is 2.56. The zero-order valence-corrected chi connectivity index (χ0v) is 10.8. The summed E-state index contributed by atoms with van der Waals surface area (Å²) >= 11 is 0. The van der Waals surface area contributed by atoms with Gasteiger partial charge < -0.3 is 10.6 Å². The van der Waals surface area contributed by atoms with Crippen LogP contribution in [0.15, 0.2) is 24.3 Å². The molecule has 2 N–H and O–H groups in total. The Balaban J connectivity index is 2.01. The number of hydrogen-bond acceptors (Lipinski definition) is 2. The monoisotopic (exact) mass is 264 g/mol. The third-order valence-corrected chi connectivity index (χ3v) is 3.24. The lowest BCUT2D eigenvalue weighted by atomic mass is 10.0. The van der Waals surface area contributed by atoms with Crippen molar-refractivity contribution in [2.24, 2.45) is 5.41 Å². The maximum Gasteiger partial charge on any atom is 0.240 e. The van der Waals surface area contributed by atoms with Crippen LogP contribution in [0.25, 0.3) is 0 Å². The van der Waals surface area contributed by atoms with Gasteiger partial charge in [0.2, 0.25) is 11.8 Å². The summed E-state index contributed by atoms with van der Waals surface area (Å²) in [4.78, 5) is 24.1. The summed E-state index contributed by atoms with van der Waals surface area (Å²) in [5, 5.41) is 5.34. The van der Waals surface area contributed by atoms with Crippen LogP contribution in [0.4, 0.5) is 10.1 Å². The first-order valence-corrected chi connectivity index (χ1v) is 6.44. The molecule has 0 saturated heterocycles. The summed E-state index contributed by atoms with van der Waals surface area (Å²) in [5.74, 6) is -1.01. The van der Waals surface area contributed by atoms with E-state index in [1.54, 1.807) is 6.07 Å². The number of benzene rings is 1. The van der Waals surface area contributed by atoms with E-state index >= 15 is 0 Å². The second-order valence-corrected chi connectivity index (χ2v) is 4.80. The molecule has 102 valence electrons. The third kappa shape index (κ3) is 2.92. The largest absolute Gasteiger partial charge is 0.355 e. The Morgan fingerprint density at radius 1 is 1.32 bits per heavy atom. The molecule has 1 aromatic rings. The van der Waals surface area contributed by atoms with Gasteiger partial charge >= 0.3 is 0 Å². The predicted octanol–water partition coefficient (Wildman–Crippen LogP) is 2.07. The molecule has 0 unspecified atom stereocenters. The Hall–Kier alpha value is -1.91. The summed E-state index contributed by atoms with van der Waals surface area (Å²) in [6.45, 7) is 2.51. The predicted molar refractivity (Wildman–Crippen MR) is 70.0 cm³/mol. The molecule has 2 amide bonds. The van der Waals surface area contributed by atoms with Crippen molar-refractivity contribution in [2.45, 2.75) is 26.2 Å². The molecule has 0 radical (unpaired) electrons. The van der Waals surface area contributed by atoms with Crippen molar-refractivity contribution >= 4 is 17.5 Å². The van der Waals surface area contributed by atoms with Crippen molar-refractivity contribution in [3.05, 3.63) is 30.1 Å². The molecular weight excluding hydrogens is 247 g/mol. The Morgan fingerprint density at radius 2 is 2.05 bits per heavy atom. The molecule has 2 rings (SSSR count). The van der Waals surface area contributed by atoms with Crippen LogP contribution in [0.1, 0.15) is 26.2 Å². The smallest absolute Gasteiger partial charge is 0.240 e. The van der Waals surface area contributed by atoms with Crippen LogP contribution in [0.2, 0.25) is 0 Å². The maximum absolute atomic E-state index is 13.0. The zero-order valence-electron chi connectivity index (χ0n) is 10.8. The molecule has 1 aliphatic rings. The number of hydrogen-bond donors (Lipinski definition) is 2. The van der Waals surface area contributed by atoms with Gasteiger partial charge in [0.25, 0.3) is 0 Å². The van der Waals surface area contributed by atoms with Crippen LogP contribution in [0.3, 0.4) is 0 Å². The number of amides is 2. The number of nitrogens with one attached hydrogen (secondary N) is 2. The lowest BCUT2D eigenvalue weighted by Crippen LogP contribution is -2.40. The Kier molecular flexibility index (Phi) is 3.83. The van der Waals surface area contributed by atoms with Gasteiger partial charge in [-0.15, -0.1) is 0 Å². The molecule has 0 aromatic heterocycles. The highest BCUT2D eigenvalue weighted by atomic mass is 19.1. The van der Waals surface area contributed by atoms with E-state index in [0.29, 0.717) is 25.1 Å². The third-order valence-electron chi connectivity index (χ3n) is 3.24. The van der Waals surface area contributed by atoms with Crippen molar-refractivity contribution in [3.63, 3.8) is 0 Å². The SMILES string of the molecule is CCCNC(=O)C1(C(=O)Nc2cccc(F)c2)CC1. The highest BCUT2D eigenvalue weighted by molar-refractivity contribution is 6.13. The number of halogens is 1. The summed E-state index contributed by atoms with van der Waals surface area (Å²) in [7, 11) is 0. The van der Waals surface area contributed by atoms with Crippen LogP contribution < -0.4 is 10.6 Å². The van der Waals surface area contributed by atoms with Gasteiger partial charge in [-0.2, -0.15) is 0 Å². The summed E-state index contributed by atoms with van der Waals surface area (Å²) in [6.07, 6.45) is 1.92. The molecule has 5 heteroatoms. The second-order valence-electron chi connectivity index (χ2n) is 4.80. The normalized spacial score (nSPS) is 15.7. The summed E-state index contributed by atoms with van der Waals surface area (Å²) in [6, 6.07) is 5.65. The summed E-state index contributed by atoms with van der Waals surface area (Å²) in [5.41, 5.74) is -0.582. The molecule has 4 nitrogen and oxygen atoms in total. The van der Waals surface area contributed by atoms with Crippen LogP contribution in [-0.4, -0.2) is 18.4 Å². The average Bonchev–Trinajstić information content (AvgIpc) is 3.17. The van der Waals surface area contributed by atoms with E-state index in [-0.39, 0.29) is 11.8 Å². The Bertz CT molecular complexity index is 498. The molecule has 1 aromatic carbocycles. The summed E-state index contributed by atoms with van der Waals surface area (Å²) < 4.78 is 13.0. The van der Waals surface area contributed by atoms with Gasteiger partial charge in [0.1, 0.15) is 11.2 Å². The lowest BCUT2D eigenvalue weighted by molar-refractivity contribution is -0.134. The molecule has 0 atom stereocenters. The van der Waals surface area contributed by atoms with Gasteiger partial charge in [0.05, 0.1) is 0 Å². The average molecular weight is 264 g/mol. The Morgan fingerprint density at radius 3 is 2.63 bits per heavy atom. The second kappa shape index (κ2) is 5.38. The first-order chi connectivity index (χ1) is 9.08. The van der Waals surface area contributed by atoms with Crippen LogP contribution >= 0.6 is 0 Å². The van der Waals surface area contributed by atoms with Gasteiger partial charge in [-0.05, 0) is 37.5 Å². The van der Waals surface area contributed by atoms with Gasteiger partial charge in [-0.25, -0.2) is 4.39 Å². The molecule has 0 bridgehead atoms. The number of anilines is 1. The van der Waals surface area contributed by atoms with Crippen LogP contribution in [0, 0.1) is 11.2 Å². The fourth-order valence-electron chi connectivity index (χ4n) is 1.91. The fraction of sp³-hybridized carbons (Fsp3) is 0.429. The standard InChI is InChI=1S/C14H17FN2O2/c1-2-8-16-12(18)14(6-7-14)13(19)17-11-5-3-4-10(15)9-11/h3-5,9H,2,6-8H2,1H3,(H,16,18)(H,17,19). The van der Waals surface area contributed by atoms with Gasteiger partial charge in [-0.3, -0.25) is 9.59 Å².